The highest BCUT2D eigenvalue weighted by molar-refractivity contribution is 5.94. The van der Waals surface area contributed by atoms with Gasteiger partial charge in [0, 0.05) is 50.4 Å². The third-order valence-electron chi connectivity index (χ3n) is 6.31. The second-order valence-electron chi connectivity index (χ2n) is 8.03. The van der Waals surface area contributed by atoms with Crippen molar-refractivity contribution in [2.24, 2.45) is 0 Å². The number of nitriles is 1. The first kappa shape index (κ1) is 19.5. The summed E-state index contributed by atoms with van der Waals surface area (Å²) in [4.78, 5) is 20.1. The molecule has 1 aromatic carbocycles. The van der Waals surface area contributed by atoms with Gasteiger partial charge < -0.3 is 19.8 Å². The molecule has 8 heteroatoms. The normalized spacial score (nSPS) is 19.1. The van der Waals surface area contributed by atoms with E-state index in [1.807, 2.05) is 30.3 Å². The Morgan fingerprint density at radius 2 is 1.77 bits per heavy atom. The van der Waals surface area contributed by atoms with Crippen LogP contribution in [0.5, 0.6) is 0 Å². The van der Waals surface area contributed by atoms with Gasteiger partial charge in [-0.2, -0.15) is 5.26 Å². The van der Waals surface area contributed by atoms with Crippen molar-refractivity contribution in [3.05, 3.63) is 48.4 Å². The van der Waals surface area contributed by atoms with Crippen LogP contribution in [0.15, 0.2) is 42.9 Å². The number of aliphatic hydroxyl groups excluding tert-OH is 1. The third kappa shape index (κ3) is 3.62. The third-order valence-corrected chi connectivity index (χ3v) is 6.31. The maximum absolute atomic E-state index is 9.65. The molecule has 1 unspecified atom stereocenters. The number of hydrogen-bond acceptors (Lipinski definition) is 8. The minimum atomic E-state index is 0.143. The van der Waals surface area contributed by atoms with Crippen molar-refractivity contribution < 1.29 is 5.11 Å². The van der Waals surface area contributed by atoms with Crippen LogP contribution in [0, 0.1) is 11.3 Å². The topological polar surface area (TPSA) is 92.4 Å². The van der Waals surface area contributed by atoms with Gasteiger partial charge in [0.05, 0.1) is 29.4 Å². The van der Waals surface area contributed by atoms with E-state index in [4.69, 9.17) is 0 Å². The number of piperazine rings is 1. The monoisotopic (exact) mass is 415 g/mol. The molecular weight excluding hydrogens is 390 g/mol. The van der Waals surface area contributed by atoms with Gasteiger partial charge in [-0.1, -0.05) is 18.2 Å². The van der Waals surface area contributed by atoms with Gasteiger partial charge in [-0.15, -0.1) is 0 Å². The summed E-state index contributed by atoms with van der Waals surface area (Å²) in [5.41, 5.74) is 2.49. The maximum Gasteiger partial charge on any atom is 0.134 e. The summed E-state index contributed by atoms with van der Waals surface area (Å²) in [5.74, 6) is 1.80. The number of fused-ring (bicyclic) bond motifs is 1. The van der Waals surface area contributed by atoms with E-state index in [-0.39, 0.29) is 12.6 Å². The minimum Gasteiger partial charge on any atom is -0.394 e. The summed E-state index contributed by atoms with van der Waals surface area (Å²) in [6.45, 7) is 4.28. The quantitative estimate of drug-likeness (QED) is 0.693. The molecule has 158 valence electrons. The predicted molar refractivity (Wildman–Crippen MR) is 120 cm³/mol. The molecule has 1 atom stereocenters. The lowest BCUT2D eigenvalue weighted by Gasteiger charge is -2.37. The van der Waals surface area contributed by atoms with Crippen molar-refractivity contribution in [2.75, 3.05) is 54.0 Å². The van der Waals surface area contributed by atoms with E-state index in [1.165, 1.54) is 0 Å². The largest absolute Gasteiger partial charge is 0.394 e. The number of nitrogens with zero attached hydrogens (tertiary/aromatic N) is 7. The van der Waals surface area contributed by atoms with Crippen LogP contribution in [-0.4, -0.2) is 65.4 Å². The first-order chi connectivity index (χ1) is 15.3. The molecule has 2 aliphatic rings. The molecular formula is C23H25N7O. The summed E-state index contributed by atoms with van der Waals surface area (Å²) >= 11 is 0. The minimum absolute atomic E-state index is 0.143. The van der Waals surface area contributed by atoms with E-state index in [9.17, 15) is 10.4 Å². The van der Waals surface area contributed by atoms with Crippen LogP contribution in [0.1, 0.15) is 18.4 Å². The van der Waals surface area contributed by atoms with Crippen LogP contribution in [-0.2, 0) is 0 Å². The maximum atomic E-state index is 9.65. The Labute approximate surface area is 181 Å². The van der Waals surface area contributed by atoms with Crippen LogP contribution < -0.4 is 14.7 Å². The smallest absolute Gasteiger partial charge is 0.134 e. The zero-order valence-corrected chi connectivity index (χ0v) is 17.4. The van der Waals surface area contributed by atoms with Crippen molar-refractivity contribution in [1.82, 2.24) is 15.0 Å². The Morgan fingerprint density at radius 1 is 1.00 bits per heavy atom. The molecule has 1 N–H and O–H groups in total. The highest BCUT2D eigenvalue weighted by atomic mass is 16.3. The van der Waals surface area contributed by atoms with E-state index in [0.29, 0.717) is 5.56 Å². The van der Waals surface area contributed by atoms with Gasteiger partial charge in [-0.05, 0) is 18.9 Å². The number of rotatable bonds is 4. The number of anilines is 3. The molecule has 2 fully saturated rings. The van der Waals surface area contributed by atoms with Crippen molar-refractivity contribution >= 4 is 28.2 Å². The second kappa shape index (κ2) is 8.36. The highest BCUT2D eigenvalue weighted by Gasteiger charge is 2.27. The number of aliphatic hydroxyl groups is 1. The molecule has 0 aliphatic carbocycles. The molecule has 0 saturated carbocycles. The lowest BCUT2D eigenvalue weighted by molar-refractivity contribution is 0.266. The molecule has 2 aromatic heterocycles. The summed E-state index contributed by atoms with van der Waals surface area (Å²) in [7, 11) is 0. The van der Waals surface area contributed by atoms with Crippen LogP contribution >= 0.6 is 0 Å². The van der Waals surface area contributed by atoms with E-state index in [1.54, 1.807) is 12.5 Å². The molecule has 5 rings (SSSR count). The first-order valence-electron chi connectivity index (χ1n) is 10.8. The first-order valence-corrected chi connectivity index (χ1v) is 10.8. The van der Waals surface area contributed by atoms with E-state index >= 15 is 0 Å². The Kier molecular flexibility index (Phi) is 5.26. The van der Waals surface area contributed by atoms with Crippen LogP contribution in [0.25, 0.3) is 10.9 Å². The lowest BCUT2D eigenvalue weighted by Crippen LogP contribution is -2.47. The van der Waals surface area contributed by atoms with Crippen LogP contribution in [0.4, 0.5) is 17.3 Å². The number of hydrogen-bond donors (Lipinski definition) is 1. The SMILES string of the molecule is N#Cc1cnc2ccccc2c1N1CCN(c2cc(N3CCCC3CO)ncn2)CC1. The van der Waals surface area contributed by atoms with Crippen molar-refractivity contribution in [3.8, 4) is 6.07 Å². The van der Waals surface area contributed by atoms with Gasteiger partial charge in [0.15, 0.2) is 0 Å². The fraction of sp³-hybridized carbons (Fsp3) is 0.391. The summed E-state index contributed by atoms with van der Waals surface area (Å²) in [6.07, 6.45) is 5.36. The molecule has 2 aliphatic heterocycles. The van der Waals surface area contributed by atoms with E-state index in [0.717, 1.165) is 73.8 Å². The molecule has 2 saturated heterocycles. The fourth-order valence-corrected chi connectivity index (χ4v) is 4.70. The Hall–Kier alpha value is -3.44. The molecule has 0 spiro atoms. The van der Waals surface area contributed by atoms with Gasteiger partial charge in [-0.25, -0.2) is 9.97 Å². The van der Waals surface area contributed by atoms with Crippen molar-refractivity contribution in [3.63, 3.8) is 0 Å². The van der Waals surface area contributed by atoms with Gasteiger partial charge in [0.2, 0.25) is 0 Å². The summed E-state index contributed by atoms with van der Waals surface area (Å²) < 4.78 is 0. The second-order valence-corrected chi connectivity index (χ2v) is 8.03. The molecule has 0 bridgehead atoms. The number of para-hydroxylation sites is 1. The van der Waals surface area contributed by atoms with Crippen LogP contribution in [0.2, 0.25) is 0 Å². The van der Waals surface area contributed by atoms with Gasteiger partial charge in [0.1, 0.15) is 24.0 Å². The average molecular weight is 416 g/mol. The van der Waals surface area contributed by atoms with Crippen LogP contribution in [0.3, 0.4) is 0 Å². The molecule has 3 aromatic rings. The van der Waals surface area contributed by atoms with Crippen molar-refractivity contribution in [1.29, 1.82) is 5.26 Å². The number of benzene rings is 1. The molecule has 4 heterocycles. The van der Waals surface area contributed by atoms with Gasteiger partial charge >= 0.3 is 0 Å². The van der Waals surface area contributed by atoms with Gasteiger partial charge in [0.25, 0.3) is 0 Å². The lowest BCUT2D eigenvalue weighted by atomic mass is 10.1. The van der Waals surface area contributed by atoms with Gasteiger partial charge in [-0.3, -0.25) is 4.98 Å². The Balaban J connectivity index is 1.36. The van der Waals surface area contributed by atoms with Crippen molar-refractivity contribution in [2.45, 2.75) is 18.9 Å². The van der Waals surface area contributed by atoms with E-state index in [2.05, 4.69) is 35.7 Å². The zero-order valence-electron chi connectivity index (χ0n) is 17.4. The standard InChI is InChI=1S/C23H25N7O/c24-13-17-14-25-20-6-2-1-5-19(20)23(17)29-10-8-28(9-11-29)21-12-22(27-16-26-21)30-7-3-4-18(30)15-31/h1-2,5-6,12,14,16,18,31H,3-4,7-11,15H2. The highest BCUT2D eigenvalue weighted by Crippen LogP contribution is 2.31. The molecule has 0 radical (unpaired) electrons. The Bertz CT molecular complexity index is 1120. The molecule has 0 amide bonds. The number of aromatic nitrogens is 3. The molecule has 31 heavy (non-hydrogen) atoms. The molecule has 8 nitrogen and oxygen atoms in total. The summed E-state index contributed by atoms with van der Waals surface area (Å²) in [5, 5.41) is 20.3. The average Bonchev–Trinajstić information content (AvgIpc) is 3.32. The predicted octanol–water partition coefficient (Wildman–Crippen LogP) is 2.18. The zero-order chi connectivity index (χ0) is 21.2. The summed E-state index contributed by atoms with van der Waals surface area (Å²) in [6, 6.07) is 12.5. The fourth-order valence-electron chi connectivity index (χ4n) is 4.70. The van der Waals surface area contributed by atoms with E-state index < -0.39 is 0 Å². The number of pyridine rings is 1. The Morgan fingerprint density at radius 3 is 2.58 bits per heavy atom.